The second-order valence-electron chi connectivity index (χ2n) is 8.61. The molecule has 3 atom stereocenters. The number of hydrogen-bond acceptors (Lipinski definition) is 5. The fourth-order valence-electron chi connectivity index (χ4n) is 4.72. The Morgan fingerprint density at radius 1 is 1.37 bits per heavy atom. The molecule has 1 aliphatic heterocycles. The molecular weight excluding hydrogens is 464 g/mol. The largest absolute Gasteiger partial charge is 0.383 e. The molecule has 0 radical (unpaired) electrons. The lowest BCUT2D eigenvalue weighted by Gasteiger charge is -2.19. The summed E-state index contributed by atoms with van der Waals surface area (Å²) in [5.41, 5.74) is 8.47. The van der Waals surface area contributed by atoms with E-state index in [1.54, 1.807) is 17.9 Å². The van der Waals surface area contributed by atoms with Crippen molar-refractivity contribution in [3.05, 3.63) is 65.1 Å². The number of rotatable bonds is 5. The predicted octanol–water partition coefficient (Wildman–Crippen LogP) is 3.88. The van der Waals surface area contributed by atoms with Gasteiger partial charge in [-0.1, -0.05) is 36.2 Å². The number of halogens is 1. The van der Waals surface area contributed by atoms with E-state index >= 15 is 0 Å². The maximum atomic E-state index is 13.7. The van der Waals surface area contributed by atoms with Gasteiger partial charge >= 0.3 is 0 Å². The van der Waals surface area contributed by atoms with E-state index < -0.39 is 0 Å². The highest BCUT2D eigenvalue weighted by molar-refractivity contribution is 6.30. The van der Waals surface area contributed by atoms with E-state index in [9.17, 15) is 9.59 Å². The molecule has 3 aromatic rings. The third-order valence-corrected chi connectivity index (χ3v) is 6.59. The molecule has 2 amide bonds. The van der Waals surface area contributed by atoms with Gasteiger partial charge in [0.05, 0.1) is 23.0 Å². The van der Waals surface area contributed by atoms with Crippen molar-refractivity contribution in [1.82, 2.24) is 24.8 Å². The number of nitrogens with zero attached hydrogens (tertiary/aromatic N) is 4. The maximum absolute atomic E-state index is 13.7. The first-order chi connectivity index (χ1) is 16.8. The average molecular weight is 491 g/mol. The maximum Gasteiger partial charge on any atom is 0.255 e. The van der Waals surface area contributed by atoms with Crippen molar-refractivity contribution in [1.29, 1.82) is 0 Å². The average Bonchev–Trinajstić information content (AvgIpc) is 3.37. The van der Waals surface area contributed by atoms with Crippen LogP contribution in [0.15, 0.2) is 43.2 Å². The van der Waals surface area contributed by atoms with E-state index in [0.29, 0.717) is 40.3 Å². The Balaban J connectivity index is 1.83. The van der Waals surface area contributed by atoms with Crippen LogP contribution in [-0.2, 0) is 4.79 Å². The number of anilines is 1. The number of benzene rings is 1. The second-order valence-corrected chi connectivity index (χ2v) is 9.05. The van der Waals surface area contributed by atoms with Crippen LogP contribution < -0.4 is 11.1 Å². The molecule has 3 heterocycles. The molecule has 35 heavy (non-hydrogen) atoms. The summed E-state index contributed by atoms with van der Waals surface area (Å²) in [5, 5.41) is 4.07. The number of fused-ring (bicyclic) bond motifs is 1. The SMILES string of the molecule is C=CC(=O)N1C[C@H](n2c(C#CC)c(C(=O)NC(C)c3cccc(Cl)c3)c3c(N)ncnc32)C[C@@H]1C. The molecule has 1 unspecified atom stereocenters. The van der Waals surface area contributed by atoms with Gasteiger partial charge in [0.15, 0.2) is 0 Å². The minimum absolute atomic E-state index is 0.00954. The van der Waals surface area contributed by atoms with Crippen molar-refractivity contribution < 1.29 is 9.59 Å². The smallest absolute Gasteiger partial charge is 0.255 e. The van der Waals surface area contributed by atoms with Gasteiger partial charge in [-0.15, -0.1) is 0 Å². The third-order valence-electron chi connectivity index (χ3n) is 6.35. The van der Waals surface area contributed by atoms with Gasteiger partial charge in [0.25, 0.3) is 5.91 Å². The predicted molar refractivity (Wildman–Crippen MR) is 137 cm³/mol. The lowest BCUT2D eigenvalue weighted by atomic mass is 10.1. The van der Waals surface area contributed by atoms with Crippen LogP contribution in [0, 0.1) is 11.8 Å². The van der Waals surface area contributed by atoms with E-state index in [1.165, 1.54) is 12.4 Å². The van der Waals surface area contributed by atoms with Crippen LogP contribution in [0.3, 0.4) is 0 Å². The summed E-state index contributed by atoms with van der Waals surface area (Å²) in [6.07, 6.45) is 3.36. The highest BCUT2D eigenvalue weighted by Crippen LogP contribution is 2.36. The number of carbonyl (C=O) groups is 2. The molecule has 8 nitrogen and oxygen atoms in total. The van der Waals surface area contributed by atoms with E-state index in [0.717, 1.165) is 5.56 Å². The van der Waals surface area contributed by atoms with Crippen LogP contribution in [0.1, 0.15) is 60.9 Å². The quantitative estimate of drug-likeness (QED) is 0.417. The van der Waals surface area contributed by atoms with E-state index in [-0.39, 0.29) is 35.8 Å². The summed E-state index contributed by atoms with van der Waals surface area (Å²) < 4.78 is 1.93. The Labute approximate surface area is 209 Å². The molecule has 1 fully saturated rings. The van der Waals surface area contributed by atoms with Crippen molar-refractivity contribution in [2.24, 2.45) is 0 Å². The molecule has 0 bridgehead atoms. The Morgan fingerprint density at radius 3 is 2.83 bits per heavy atom. The summed E-state index contributed by atoms with van der Waals surface area (Å²) in [6.45, 7) is 9.63. The van der Waals surface area contributed by atoms with Gasteiger partial charge in [0.1, 0.15) is 23.5 Å². The molecule has 0 spiro atoms. The lowest BCUT2D eigenvalue weighted by molar-refractivity contribution is -0.126. The molecule has 3 N–H and O–H groups in total. The van der Waals surface area contributed by atoms with Crippen LogP contribution in [0.2, 0.25) is 5.02 Å². The topological polar surface area (TPSA) is 106 Å². The number of hydrogen-bond donors (Lipinski definition) is 2. The Kier molecular flexibility index (Phi) is 6.81. The zero-order valence-corrected chi connectivity index (χ0v) is 20.6. The molecule has 4 rings (SSSR count). The van der Waals surface area contributed by atoms with E-state index in [1.807, 2.05) is 36.6 Å². The standard InChI is InChI=1S/C26H27ClN6O2/c1-5-8-20-22(26(35)31-16(4)17-9-7-10-18(27)12-17)23-24(28)29-14-30-25(23)33(20)19-11-15(3)32(13-19)21(34)6-2/h6-7,9-10,12,14-16,19H,2,11,13H2,1,3-4H3,(H,31,35)(H2,28,29,30)/t15-,16?,19+/m0/s1. The summed E-state index contributed by atoms with van der Waals surface area (Å²) in [6, 6.07) is 6.85. The molecule has 1 aliphatic rings. The number of nitrogens with two attached hydrogens (primary N) is 1. The molecule has 180 valence electrons. The van der Waals surface area contributed by atoms with Crippen LogP contribution >= 0.6 is 11.6 Å². The Bertz CT molecular complexity index is 1390. The molecule has 0 saturated carbocycles. The summed E-state index contributed by atoms with van der Waals surface area (Å²) in [4.78, 5) is 36.4. The second kappa shape index (κ2) is 9.80. The lowest BCUT2D eigenvalue weighted by Crippen LogP contribution is -2.32. The van der Waals surface area contributed by atoms with E-state index in [2.05, 4.69) is 33.7 Å². The van der Waals surface area contributed by atoms with Crippen molar-refractivity contribution >= 4 is 40.3 Å². The highest BCUT2D eigenvalue weighted by Gasteiger charge is 2.36. The number of nitrogens with one attached hydrogen (secondary N) is 1. The number of aromatic nitrogens is 3. The third kappa shape index (κ3) is 4.47. The van der Waals surface area contributed by atoms with Gasteiger partial charge in [0, 0.05) is 17.6 Å². The molecule has 0 aliphatic carbocycles. The van der Waals surface area contributed by atoms with Gasteiger partial charge in [-0.3, -0.25) is 9.59 Å². The van der Waals surface area contributed by atoms with E-state index in [4.69, 9.17) is 17.3 Å². The van der Waals surface area contributed by atoms with Crippen molar-refractivity contribution in [2.45, 2.75) is 45.3 Å². The van der Waals surface area contributed by atoms with Gasteiger partial charge in [-0.05, 0) is 56.9 Å². The molecule has 9 heteroatoms. The number of carbonyl (C=O) groups excluding carboxylic acids is 2. The summed E-state index contributed by atoms with van der Waals surface area (Å²) >= 11 is 6.14. The molecule has 1 saturated heterocycles. The summed E-state index contributed by atoms with van der Waals surface area (Å²) in [5.74, 6) is 5.73. The first-order valence-corrected chi connectivity index (χ1v) is 11.7. The van der Waals surface area contributed by atoms with Crippen LogP contribution in [0.25, 0.3) is 11.0 Å². The number of nitrogen functional groups attached to an aromatic ring is 1. The van der Waals surface area contributed by atoms with Crippen molar-refractivity contribution in [2.75, 3.05) is 12.3 Å². The zero-order valence-electron chi connectivity index (χ0n) is 19.9. The van der Waals surface area contributed by atoms with Gasteiger partial charge in [-0.2, -0.15) is 0 Å². The minimum atomic E-state index is -0.342. The first-order valence-electron chi connectivity index (χ1n) is 11.3. The van der Waals surface area contributed by atoms with Gasteiger partial charge < -0.3 is 20.5 Å². The van der Waals surface area contributed by atoms with Gasteiger partial charge in [0.2, 0.25) is 5.91 Å². The fraction of sp³-hybridized carbons (Fsp3) is 0.308. The van der Waals surface area contributed by atoms with Crippen LogP contribution in [0.4, 0.5) is 5.82 Å². The summed E-state index contributed by atoms with van der Waals surface area (Å²) in [7, 11) is 0. The molecule has 2 aromatic heterocycles. The zero-order chi connectivity index (χ0) is 25.3. The van der Waals surface area contributed by atoms with Crippen LogP contribution in [-0.4, -0.2) is 43.8 Å². The Hall–Kier alpha value is -3.83. The normalized spacial score (nSPS) is 18.1. The first kappa shape index (κ1) is 24.3. The van der Waals surface area contributed by atoms with Crippen molar-refractivity contribution in [3.63, 3.8) is 0 Å². The highest BCUT2D eigenvalue weighted by atomic mass is 35.5. The number of likely N-dealkylation sites (tertiary alicyclic amines) is 1. The monoisotopic (exact) mass is 490 g/mol. The van der Waals surface area contributed by atoms with Crippen LogP contribution in [0.5, 0.6) is 0 Å². The fourth-order valence-corrected chi connectivity index (χ4v) is 4.92. The molecule has 1 aromatic carbocycles. The minimum Gasteiger partial charge on any atom is -0.383 e. The number of amides is 2. The molecular formula is C26H27ClN6O2. The van der Waals surface area contributed by atoms with Crippen molar-refractivity contribution in [3.8, 4) is 11.8 Å². The van der Waals surface area contributed by atoms with Gasteiger partial charge in [-0.25, -0.2) is 9.97 Å². The Morgan fingerprint density at radius 2 is 2.14 bits per heavy atom.